The van der Waals surface area contributed by atoms with E-state index in [4.69, 9.17) is 0 Å². The van der Waals surface area contributed by atoms with Crippen LogP contribution in [0.25, 0.3) is 33.3 Å². The summed E-state index contributed by atoms with van der Waals surface area (Å²) in [7, 11) is 0. The van der Waals surface area contributed by atoms with Crippen molar-refractivity contribution in [3.8, 4) is 33.3 Å². The fourth-order valence-electron chi connectivity index (χ4n) is 4.31. The standard InChI is InChI=1S/C30H23B/c1-5-13-23(14-6-1)21-27-22-31-30(26-19-11-4-12-20-26)29(25-17-9-3-10-18-25)28(27)24-15-7-2-8-16-24/h1-20,22H,21H2. The minimum absolute atomic E-state index is 0.903. The van der Waals surface area contributed by atoms with Crippen molar-refractivity contribution in [3.05, 3.63) is 138 Å². The van der Waals surface area contributed by atoms with E-state index in [-0.39, 0.29) is 0 Å². The van der Waals surface area contributed by atoms with Crippen molar-refractivity contribution in [3.63, 3.8) is 0 Å². The van der Waals surface area contributed by atoms with Crippen molar-refractivity contribution < 1.29 is 0 Å². The van der Waals surface area contributed by atoms with E-state index in [1.54, 1.807) is 0 Å². The summed E-state index contributed by atoms with van der Waals surface area (Å²) < 4.78 is 0. The van der Waals surface area contributed by atoms with E-state index in [9.17, 15) is 0 Å². The normalized spacial score (nSPS) is 10.6. The molecule has 0 fully saturated rings. The van der Waals surface area contributed by atoms with Gasteiger partial charge in [0.25, 0.3) is 0 Å². The Labute approximate surface area is 185 Å². The summed E-state index contributed by atoms with van der Waals surface area (Å²) in [4.78, 5) is 0. The van der Waals surface area contributed by atoms with Gasteiger partial charge in [-0.15, -0.1) is 0 Å². The molecular weight excluding hydrogens is 371 g/mol. The molecule has 5 rings (SSSR count). The molecule has 0 nitrogen and oxygen atoms in total. The fourth-order valence-corrected chi connectivity index (χ4v) is 4.31. The van der Waals surface area contributed by atoms with Crippen LogP contribution in [0.2, 0.25) is 0 Å². The van der Waals surface area contributed by atoms with Crippen LogP contribution < -0.4 is 0 Å². The first-order chi connectivity index (χ1) is 15.4. The summed E-state index contributed by atoms with van der Waals surface area (Å²) in [5, 5.41) is 0. The molecule has 0 saturated carbocycles. The third-order valence-corrected chi connectivity index (χ3v) is 5.74. The number of benzene rings is 4. The third kappa shape index (κ3) is 4.13. The first-order valence-electron chi connectivity index (χ1n) is 10.8. The molecule has 0 spiro atoms. The zero-order valence-electron chi connectivity index (χ0n) is 17.4. The first-order valence-corrected chi connectivity index (χ1v) is 10.8. The maximum absolute atomic E-state index is 2.31. The van der Waals surface area contributed by atoms with Crippen molar-refractivity contribution >= 4 is 6.91 Å². The average molecular weight is 394 g/mol. The molecule has 1 heteroatoms. The molecular formula is C30H23B. The molecule has 0 N–H and O–H groups in total. The molecule has 0 amide bonds. The molecule has 31 heavy (non-hydrogen) atoms. The van der Waals surface area contributed by atoms with Crippen LogP contribution in [0.4, 0.5) is 0 Å². The summed E-state index contributed by atoms with van der Waals surface area (Å²) in [6, 6.07) is 43.0. The van der Waals surface area contributed by atoms with E-state index in [0.29, 0.717) is 0 Å². The Kier molecular flexibility index (Phi) is 5.58. The van der Waals surface area contributed by atoms with Crippen LogP contribution in [0, 0.1) is 0 Å². The zero-order valence-corrected chi connectivity index (χ0v) is 17.4. The van der Waals surface area contributed by atoms with E-state index >= 15 is 0 Å². The van der Waals surface area contributed by atoms with Crippen molar-refractivity contribution in [1.29, 1.82) is 0 Å². The second kappa shape index (κ2) is 8.98. The van der Waals surface area contributed by atoms with Crippen molar-refractivity contribution in [2.75, 3.05) is 0 Å². The van der Waals surface area contributed by atoms with Crippen molar-refractivity contribution in [2.45, 2.75) is 6.42 Å². The van der Waals surface area contributed by atoms with Gasteiger partial charge in [-0.05, 0) is 0 Å². The summed E-state index contributed by atoms with van der Waals surface area (Å²) in [5.41, 5.74) is 10.3. The van der Waals surface area contributed by atoms with Gasteiger partial charge >= 0.3 is 185 Å². The van der Waals surface area contributed by atoms with Crippen molar-refractivity contribution in [1.82, 2.24) is 0 Å². The van der Waals surface area contributed by atoms with Gasteiger partial charge in [0, 0.05) is 0 Å². The van der Waals surface area contributed by atoms with Gasteiger partial charge in [0.2, 0.25) is 0 Å². The van der Waals surface area contributed by atoms with E-state index in [0.717, 1.165) is 6.42 Å². The second-order valence-electron chi connectivity index (χ2n) is 7.78. The summed E-state index contributed by atoms with van der Waals surface area (Å²) in [5.74, 6) is 2.31. The first kappa shape index (κ1) is 19.3. The quantitative estimate of drug-likeness (QED) is 0.288. The van der Waals surface area contributed by atoms with Crippen LogP contribution in [-0.2, 0) is 6.42 Å². The molecule has 0 bridgehead atoms. The number of hydrogen-bond acceptors (Lipinski definition) is 0. The predicted octanol–water partition coefficient (Wildman–Crippen LogP) is 7.62. The average Bonchev–Trinajstić information content (AvgIpc) is 2.86. The van der Waals surface area contributed by atoms with Crippen LogP contribution in [0.5, 0.6) is 0 Å². The van der Waals surface area contributed by atoms with Gasteiger partial charge in [-0.2, -0.15) is 0 Å². The zero-order chi connectivity index (χ0) is 20.9. The molecule has 1 heterocycles. The minimum atomic E-state index is 0.903. The van der Waals surface area contributed by atoms with E-state index < -0.39 is 0 Å². The molecule has 0 aliphatic heterocycles. The Hall–Kier alpha value is -3.71. The van der Waals surface area contributed by atoms with Gasteiger partial charge in [-0.25, -0.2) is 0 Å². The fraction of sp³-hybridized carbons (Fsp3) is 0.0333. The molecule has 0 aliphatic carbocycles. The predicted molar refractivity (Wildman–Crippen MR) is 133 cm³/mol. The Balaban J connectivity index is 1.81. The summed E-state index contributed by atoms with van der Waals surface area (Å²) in [6.45, 7) is 2.29. The van der Waals surface area contributed by atoms with E-state index in [2.05, 4.69) is 134 Å². The monoisotopic (exact) mass is 394 g/mol. The number of rotatable bonds is 5. The van der Waals surface area contributed by atoms with Crippen LogP contribution in [0.15, 0.2) is 127 Å². The molecule has 0 saturated heterocycles. The van der Waals surface area contributed by atoms with Gasteiger partial charge in [0.15, 0.2) is 0 Å². The van der Waals surface area contributed by atoms with Gasteiger partial charge in [-0.1, -0.05) is 0 Å². The molecule has 5 aromatic rings. The molecule has 1 aromatic heterocycles. The Morgan fingerprint density at radius 1 is 0.452 bits per heavy atom. The third-order valence-electron chi connectivity index (χ3n) is 5.74. The molecule has 0 aliphatic rings. The Bertz CT molecular complexity index is 1260. The van der Waals surface area contributed by atoms with Gasteiger partial charge in [0.05, 0.1) is 0 Å². The molecule has 0 radical (unpaired) electrons. The van der Waals surface area contributed by atoms with Crippen LogP contribution in [0.3, 0.4) is 0 Å². The van der Waals surface area contributed by atoms with Gasteiger partial charge < -0.3 is 0 Å². The summed E-state index contributed by atoms with van der Waals surface area (Å²) in [6.07, 6.45) is 0.903. The molecule has 146 valence electrons. The maximum atomic E-state index is 2.31. The summed E-state index contributed by atoms with van der Waals surface area (Å²) >= 11 is 0. The SMILES string of the molecule is b1cc(Cc2ccccc2)c(-c2ccccc2)c(-c2ccccc2)c1-c1ccccc1. The van der Waals surface area contributed by atoms with Gasteiger partial charge in [-0.3, -0.25) is 0 Å². The van der Waals surface area contributed by atoms with Crippen LogP contribution >= 0.6 is 0 Å². The van der Waals surface area contributed by atoms with E-state index in [1.807, 2.05) is 0 Å². The van der Waals surface area contributed by atoms with Crippen LogP contribution in [0.1, 0.15) is 11.1 Å². The van der Waals surface area contributed by atoms with Crippen LogP contribution in [-0.4, -0.2) is 6.91 Å². The molecule has 0 unspecified atom stereocenters. The Morgan fingerprint density at radius 2 is 0.903 bits per heavy atom. The van der Waals surface area contributed by atoms with Gasteiger partial charge in [0.1, 0.15) is 0 Å². The number of hydrogen-bond donors (Lipinski definition) is 0. The molecule has 4 aromatic carbocycles. The molecule has 0 atom stereocenters. The van der Waals surface area contributed by atoms with Crippen molar-refractivity contribution in [2.24, 2.45) is 0 Å². The topological polar surface area (TPSA) is 0 Å². The Morgan fingerprint density at radius 3 is 1.45 bits per heavy atom. The van der Waals surface area contributed by atoms with E-state index in [1.165, 1.54) is 44.4 Å². The second-order valence-corrected chi connectivity index (χ2v) is 7.78.